The number of H-pyrrole nitrogens is 1. The van der Waals surface area contributed by atoms with Crippen LogP contribution < -0.4 is 5.69 Å². The molecule has 0 unspecified atom stereocenters. The summed E-state index contributed by atoms with van der Waals surface area (Å²) >= 11 is 0. The number of para-hydroxylation sites is 2. The number of imidazole rings is 1. The summed E-state index contributed by atoms with van der Waals surface area (Å²) in [5.74, 6) is -0.579. The molecule has 1 heterocycles. The number of carbonyl (C=O) groups is 1. The summed E-state index contributed by atoms with van der Waals surface area (Å²) in [4.78, 5) is 27.1. The first-order valence-electron chi connectivity index (χ1n) is 8.43. The Balaban J connectivity index is 1.65. The van der Waals surface area contributed by atoms with E-state index in [0.29, 0.717) is 18.5 Å². The summed E-state index contributed by atoms with van der Waals surface area (Å²) in [5, 5.41) is 0. The Hall–Kier alpha value is -2.87. The van der Waals surface area contributed by atoms with Gasteiger partial charge in [-0.1, -0.05) is 18.2 Å². The molecule has 0 bridgehead atoms. The first kappa shape index (κ1) is 18.9. The number of hydrogen-bond donors (Lipinski definition) is 1. The second kappa shape index (κ2) is 7.40. The van der Waals surface area contributed by atoms with E-state index in [9.17, 15) is 18.0 Å². The molecule has 0 aliphatic heterocycles. The monoisotopic (exact) mass is 388 g/mol. The highest BCUT2D eigenvalue weighted by Gasteiger charge is 2.15. The average Bonchev–Trinajstić information content (AvgIpc) is 2.93. The zero-order chi connectivity index (χ0) is 19.6. The Morgan fingerprint density at radius 3 is 2.67 bits per heavy atom. The fraction of sp³-hybridized carbons (Fsp3) is 0.263. The van der Waals surface area contributed by atoms with Gasteiger partial charge in [0.1, 0.15) is 0 Å². The lowest BCUT2D eigenvalue weighted by molar-refractivity contribution is 0.0495. The molecule has 8 heteroatoms. The van der Waals surface area contributed by atoms with Crippen LogP contribution in [0.2, 0.25) is 0 Å². The number of aromatic amines is 1. The Bertz CT molecular complexity index is 1160. The molecule has 2 aromatic carbocycles. The molecule has 0 aliphatic carbocycles. The van der Waals surface area contributed by atoms with E-state index >= 15 is 0 Å². The van der Waals surface area contributed by atoms with Gasteiger partial charge >= 0.3 is 11.7 Å². The first-order valence-corrected chi connectivity index (χ1v) is 10.3. The predicted molar refractivity (Wildman–Crippen MR) is 102 cm³/mol. The van der Waals surface area contributed by atoms with E-state index in [-0.39, 0.29) is 22.8 Å². The van der Waals surface area contributed by atoms with Gasteiger partial charge in [0.15, 0.2) is 9.84 Å². The molecule has 0 saturated carbocycles. The largest absolute Gasteiger partial charge is 0.462 e. The molecule has 0 amide bonds. The number of sulfone groups is 1. The van der Waals surface area contributed by atoms with Crippen LogP contribution in [0.5, 0.6) is 0 Å². The Kier molecular flexibility index (Phi) is 5.18. The number of aryl methyl sites for hydroxylation is 2. The molecule has 142 valence electrons. The fourth-order valence-corrected chi connectivity index (χ4v) is 3.49. The summed E-state index contributed by atoms with van der Waals surface area (Å²) in [6, 6.07) is 11.7. The standard InChI is InChI=1S/C19H20N2O5S/c1-13-8-9-14(27(2,24)25)12-15(13)18(22)26-11-5-10-21-17-7-4-3-6-16(17)20-19(21)23/h3-4,6-9,12H,5,10-11H2,1-2H3,(H,20,23). The maximum absolute atomic E-state index is 12.3. The lowest BCUT2D eigenvalue weighted by atomic mass is 10.1. The van der Waals surface area contributed by atoms with Gasteiger partial charge in [-0.3, -0.25) is 4.57 Å². The molecule has 1 N–H and O–H groups in total. The van der Waals surface area contributed by atoms with Gasteiger partial charge in [-0.25, -0.2) is 18.0 Å². The maximum Gasteiger partial charge on any atom is 0.338 e. The molecule has 0 saturated heterocycles. The van der Waals surface area contributed by atoms with Crippen molar-refractivity contribution in [2.45, 2.75) is 24.8 Å². The molecule has 0 atom stereocenters. The Labute approximate surface area is 156 Å². The van der Waals surface area contributed by atoms with E-state index in [4.69, 9.17) is 4.74 Å². The third kappa shape index (κ3) is 4.11. The summed E-state index contributed by atoms with van der Waals surface area (Å²) in [5.41, 5.74) is 2.21. The summed E-state index contributed by atoms with van der Waals surface area (Å²) in [6.07, 6.45) is 1.55. The second-order valence-corrected chi connectivity index (χ2v) is 8.35. The first-order chi connectivity index (χ1) is 12.8. The Morgan fingerprint density at radius 2 is 1.93 bits per heavy atom. The van der Waals surface area contributed by atoms with Crippen LogP contribution in [0, 0.1) is 6.92 Å². The number of carbonyl (C=O) groups excluding carboxylic acids is 1. The van der Waals surface area contributed by atoms with Crippen molar-refractivity contribution < 1.29 is 17.9 Å². The molecule has 27 heavy (non-hydrogen) atoms. The van der Waals surface area contributed by atoms with Crippen LogP contribution in [-0.4, -0.2) is 36.8 Å². The SMILES string of the molecule is Cc1ccc(S(C)(=O)=O)cc1C(=O)OCCCn1c(=O)[nH]c2ccccc21. The van der Waals surface area contributed by atoms with E-state index in [1.165, 1.54) is 12.1 Å². The van der Waals surface area contributed by atoms with Gasteiger partial charge in [0.25, 0.3) is 0 Å². The van der Waals surface area contributed by atoms with Crippen LogP contribution in [0.4, 0.5) is 0 Å². The quantitative estimate of drug-likeness (QED) is 0.516. The number of hydrogen-bond acceptors (Lipinski definition) is 5. The fourth-order valence-electron chi connectivity index (χ4n) is 2.85. The van der Waals surface area contributed by atoms with Crippen molar-refractivity contribution in [3.8, 4) is 0 Å². The zero-order valence-corrected chi connectivity index (χ0v) is 15.9. The van der Waals surface area contributed by atoms with Crippen LogP contribution in [0.1, 0.15) is 22.3 Å². The minimum atomic E-state index is -3.41. The minimum Gasteiger partial charge on any atom is -0.462 e. The van der Waals surface area contributed by atoms with E-state index in [1.54, 1.807) is 17.6 Å². The maximum atomic E-state index is 12.3. The van der Waals surface area contributed by atoms with E-state index in [0.717, 1.165) is 17.3 Å². The van der Waals surface area contributed by atoms with Crippen molar-refractivity contribution in [2.24, 2.45) is 0 Å². The molecule has 1 aromatic heterocycles. The zero-order valence-electron chi connectivity index (χ0n) is 15.1. The smallest absolute Gasteiger partial charge is 0.338 e. The molecule has 0 radical (unpaired) electrons. The number of esters is 1. The molecular weight excluding hydrogens is 368 g/mol. The van der Waals surface area contributed by atoms with Gasteiger partial charge in [0, 0.05) is 12.8 Å². The van der Waals surface area contributed by atoms with Gasteiger partial charge in [-0.2, -0.15) is 0 Å². The number of nitrogens with one attached hydrogen (secondary N) is 1. The van der Waals surface area contributed by atoms with Gasteiger partial charge in [0.2, 0.25) is 0 Å². The molecule has 7 nitrogen and oxygen atoms in total. The molecule has 3 rings (SSSR count). The van der Waals surface area contributed by atoms with E-state index in [1.807, 2.05) is 24.3 Å². The number of rotatable bonds is 6. The summed E-state index contributed by atoms with van der Waals surface area (Å²) in [7, 11) is -3.41. The lowest BCUT2D eigenvalue weighted by Gasteiger charge is -2.09. The van der Waals surface area contributed by atoms with Gasteiger partial charge in [-0.15, -0.1) is 0 Å². The third-order valence-corrected chi connectivity index (χ3v) is 5.41. The highest BCUT2D eigenvalue weighted by Crippen LogP contribution is 2.17. The van der Waals surface area contributed by atoms with Crippen molar-refractivity contribution in [1.82, 2.24) is 9.55 Å². The average molecular weight is 388 g/mol. The minimum absolute atomic E-state index is 0.0744. The van der Waals surface area contributed by atoms with E-state index in [2.05, 4.69) is 4.98 Å². The molecule has 0 spiro atoms. The van der Waals surface area contributed by atoms with Crippen molar-refractivity contribution in [1.29, 1.82) is 0 Å². The highest BCUT2D eigenvalue weighted by atomic mass is 32.2. The third-order valence-electron chi connectivity index (χ3n) is 4.30. The second-order valence-electron chi connectivity index (χ2n) is 6.34. The molecule has 0 aliphatic rings. The van der Waals surface area contributed by atoms with Crippen molar-refractivity contribution in [2.75, 3.05) is 12.9 Å². The number of aromatic nitrogens is 2. The van der Waals surface area contributed by atoms with Gasteiger partial charge in [-0.05, 0) is 43.2 Å². The molecule has 3 aromatic rings. The van der Waals surface area contributed by atoms with Crippen LogP contribution in [-0.2, 0) is 21.1 Å². The number of fused-ring (bicyclic) bond motifs is 1. The van der Waals surface area contributed by atoms with Crippen molar-refractivity contribution in [3.05, 3.63) is 64.1 Å². The topological polar surface area (TPSA) is 98.2 Å². The number of benzene rings is 2. The normalized spacial score (nSPS) is 11.6. The van der Waals surface area contributed by atoms with Crippen LogP contribution >= 0.6 is 0 Å². The van der Waals surface area contributed by atoms with E-state index < -0.39 is 15.8 Å². The van der Waals surface area contributed by atoms with Crippen LogP contribution in [0.3, 0.4) is 0 Å². The summed E-state index contributed by atoms with van der Waals surface area (Å²) in [6.45, 7) is 2.24. The predicted octanol–water partition coefficient (Wildman–Crippen LogP) is 2.29. The van der Waals surface area contributed by atoms with Gasteiger partial charge < -0.3 is 9.72 Å². The Morgan fingerprint density at radius 1 is 1.19 bits per heavy atom. The molecule has 0 fully saturated rings. The number of nitrogens with zero attached hydrogens (tertiary/aromatic N) is 1. The van der Waals surface area contributed by atoms with Crippen LogP contribution in [0.25, 0.3) is 11.0 Å². The van der Waals surface area contributed by atoms with Gasteiger partial charge in [0.05, 0.1) is 28.1 Å². The molecular formula is C19H20N2O5S. The lowest BCUT2D eigenvalue weighted by Crippen LogP contribution is -2.18. The van der Waals surface area contributed by atoms with Crippen molar-refractivity contribution >= 4 is 26.8 Å². The van der Waals surface area contributed by atoms with Crippen LogP contribution in [0.15, 0.2) is 52.2 Å². The van der Waals surface area contributed by atoms with Crippen molar-refractivity contribution in [3.63, 3.8) is 0 Å². The number of ether oxygens (including phenoxy) is 1. The highest BCUT2D eigenvalue weighted by molar-refractivity contribution is 7.90. The summed E-state index contributed by atoms with van der Waals surface area (Å²) < 4.78 is 30.2.